The fraction of sp³-hybridized carbons (Fsp3) is 0.818. The van der Waals surface area contributed by atoms with E-state index >= 15 is 0 Å². The lowest BCUT2D eigenvalue weighted by molar-refractivity contribution is -0.188. The molecule has 32 heavy (non-hydrogen) atoms. The van der Waals surface area contributed by atoms with Gasteiger partial charge in [-0.2, -0.15) is 0 Å². The molecule has 0 aromatic carbocycles. The van der Waals surface area contributed by atoms with E-state index < -0.39 is 70.9 Å². The average molecular weight is 458 g/mol. The van der Waals surface area contributed by atoms with E-state index in [9.17, 15) is 19.2 Å². The molecule has 0 aromatic heterocycles. The zero-order valence-electron chi connectivity index (χ0n) is 20.3. The van der Waals surface area contributed by atoms with Gasteiger partial charge in [0.05, 0.1) is 16.2 Å². The molecule has 0 spiro atoms. The first-order valence-electron chi connectivity index (χ1n) is 10.6. The van der Waals surface area contributed by atoms with Crippen LogP contribution in [-0.2, 0) is 38.1 Å². The predicted octanol–water partition coefficient (Wildman–Crippen LogP) is 2.32. The topological polar surface area (TPSA) is 126 Å². The minimum atomic E-state index is -1.10. The first-order chi connectivity index (χ1) is 14.4. The monoisotopic (exact) mass is 457 g/mol. The van der Waals surface area contributed by atoms with Crippen LogP contribution in [0.25, 0.3) is 0 Å². The zero-order valence-corrected chi connectivity index (χ0v) is 20.3. The predicted molar refractivity (Wildman–Crippen MR) is 111 cm³/mol. The second-order valence-electron chi connectivity index (χ2n) is 11.2. The Morgan fingerprint density at radius 3 is 1.94 bits per heavy atom. The summed E-state index contributed by atoms with van der Waals surface area (Å²) in [5, 5.41) is 2.49. The second-order valence-corrected chi connectivity index (χ2v) is 11.2. The summed E-state index contributed by atoms with van der Waals surface area (Å²) < 4.78 is 27.8. The van der Waals surface area contributed by atoms with Gasteiger partial charge in [-0.25, -0.2) is 4.79 Å². The normalized spacial score (nSPS) is 26.5. The van der Waals surface area contributed by atoms with Gasteiger partial charge in [0.25, 0.3) is 0 Å². The lowest BCUT2D eigenvalue weighted by atomic mass is 9.96. The van der Waals surface area contributed by atoms with E-state index in [2.05, 4.69) is 5.32 Å². The first kappa shape index (κ1) is 25.9. The van der Waals surface area contributed by atoms with Crippen LogP contribution in [0.15, 0.2) is 0 Å². The molecule has 0 aliphatic carbocycles. The van der Waals surface area contributed by atoms with E-state index in [4.69, 9.17) is 23.7 Å². The number of ether oxygens (including phenoxy) is 5. The van der Waals surface area contributed by atoms with Crippen molar-refractivity contribution in [3.8, 4) is 0 Å². The van der Waals surface area contributed by atoms with Gasteiger partial charge >= 0.3 is 24.0 Å². The number of hydrogen-bond donors (Lipinski definition) is 1. The summed E-state index contributed by atoms with van der Waals surface area (Å²) in [6.07, 6.45) is -5.75. The van der Waals surface area contributed by atoms with Gasteiger partial charge in [0.1, 0.15) is 12.7 Å². The molecule has 2 rings (SSSR count). The summed E-state index contributed by atoms with van der Waals surface area (Å²) >= 11 is 0. The summed E-state index contributed by atoms with van der Waals surface area (Å²) in [5.74, 6) is -1.60. The van der Waals surface area contributed by atoms with Gasteiger partial charge in [-0.1, -0.05) is 0 Å². The standard InChI is InChI=1S/C22H35NO9/c1-20(2,3)16(24)28-10-11(29-17(25)21(4,5)6)12-13(31-18(26)22(7,8)9)14-15(30-12)23-19(27)32-14/h11-15H,10H2,1-9H3,(H,23,27)/t11-,12-,13+,14-,15+/m1/s1. The number of carbonyl (C=O) groups is 4. The number of fused-ring (bicyclic) bond motifs is 1. The Labute approximate surface area is 188 Å². The first-order valence-corrected chi connectivity index (χ1v) is 10.6. The quantitative estimate of drug-likeness (QED) is 0.489. The molecule has 0 bridgehead atoms. The smallest absolute Gasteiger partial charge is 0.409 e. The number of alkyl carbamates (subject to hydrolysis) is 1. The summed E-state index contributed by atoms with van der Waals surface area (Å²) in [6.45, 7) is 14.8. The van der Waals surface area contributed by atoms with Crippen molar-refractivity contribution in [1.82, 2.24) is 5.32 Å². The molecule has 1 N–H and O–H groups in total. The minimum absolute atomic E-state index is 0.320. The van der Waals surface area contributed by atoms with Gasteiger partial charge in [-0.3, -0.25) is 19.7 Å². The summed E-state index contributed by atoms with van der Waals surface area (Å²) in [6, 6.07) is 0. The Hall–Kier alpha value is -2.36. The maximum atomic E-state index is 12.6. The molecule has 10 heteroatoms. The van der Waals surface area contributed by atoms with Crippen LogP contribution < -0.4 is 5.32 Å². The van der Waals surface area contributed by atoms with E-state index in [-0.39, 0.29) is 6.61 Å². The molecular weight excluding hydrogens is 422 g/mol. The third kappa shape index (κ3) is 6.11. The van der Waals surface area contributed by atoms with E-state index in [0.29, 0.717) is 0 Å². The SMILES string of the molecule is CC(C)(C)C(=O)OC[C@@H](OC(=O)C(C)(C)C)[C@H]1O[C@@H]2NC(=O)O[C@@H]2[C@H]1OC(=O)C(C)(C)C. The highest BCUT2D eigenvalue weighted by Crippen LogP contribution is 2.34. The highest BCUT2D eigenvalue weighted by atomic mass is 16.7. The van der Waals surface area contributed by atoms with Crippen LogP contribution in [0.5, 0.6) is 0 Å². The summed E-state index contributed by atoms with van der Waals surface area (Å²) in [7, 11) is 0. The third-order valence-corrected chi connectivity index (χ3v) is 4.84. The van der Waals surface area contributed by atoms with Gasteiger partial charge in [-0.05, 0) is 62.3 Å². The number of rotatable bonds is 5. The number of carbonyl (C=O) groups excluding carboxylic acids is 4. The van der Waals surface area contributed by atoms with Crippen LogP contribution in [0.2, 0.25) is 0 Å². The van der Waals surface area contributed by atoms with Crippen LogP contribution in [-0.4, -0.2) is 61.3 Å². The molecule has 0 aromatic rings. The Morgan fingerprint density at radius 2 is 1.44 bits per heavy atom. The van der Waals surface area contributed by atoms with Crippen molar-refractivity contribution >= 4 is 24.0 Å². The van der Waals surface area contributed by atoms with Crippen LogP contribution >= 0.6 is 0 Å². The molecular formula is C22H35NO9. The van der Waals surface area contributed by atoms with E-state index in [1.165, 1.54) is 0 Å². The maximum absolute atomic E-state index is 12.6. The van der Waals surface area contributed by atoms with Gasteiger partial charge in [0, 0.05) is 0 Å². The Morgan fingerprint density at radius 1 is 0.906 bits per heavy atom. The Balaban J connectivity index is 2.32. The summed E-state index contributed by atoms with van der Waals surface area (Å²) in [4.78, 5) is 49.3. The zero-order chi connectivity index (χ0) is 24.6. The summed E-state index contributed by atoms with van der Waals surface area (Å²) in [5.41, 5.74) is -2.46. The molecule has 182 valence electrons. The molecule has 2 saturated heterocycles. The van der Waals surface area contributed by atoms with E-state index in [1.54, 1.807) is 62.3 Å². The number of nitrogens with one attached hydrogen (secondary N) is 1. The number of esters is 3. The molecule has 1 amide bonds. The van der Waals surface area contributed by atoms with Gasteiger partial charge in [0.2, 0.25) is 0 Å². The average Bonchev–Trinajstić information content (AvgIpc) is 3.12. The van der Waals surface area contributed by atoms with Crippen LogP contribution in [0, 0.1) is 16.2 Å². The number of hydrogen-bond acceptors (Lipinski definition) is 9. The second kappa shape index (κ2) is 8.88. The van der Waals surface area contributed by atoms with Crippen LogP contribution in [0.3, 0.4) is 0 Å². The highest BCUT2D eigenvalue weighted by molar-refractivity contribution is 5.77. The Kier molecular flexibility index (Phi) is 7.19. The van der Waals surface area contributed by atoms with Crippen molar-refractivity contribution in [2.24, 2.45) is 16.2 Å². The maximum Gasteiger partial charge on any atom is 0.409 e. The molecule has 10 nitrogen and oxygen atoms in total. The van der Waals surface area contributed by atoms with Crippen molar-refractivity contribution in [3.63, 3.8) is 0 Å². The molecule has 2 aliphatic rings. The minimum Gasteiger partial charge on any atom is -0.461 e. The molecule has 0 radical (unpaired) electrons. The fourth-order valence-corrected chi connectivity index (χ4v) is 2.82. The van der Waals surface area contributed by atoms with Crippen molar-refractivity contribution in [2.75, 3.05) is 6.61 Å². The third-order valence-electron chi connectivity index (χ3n) is 4.84. The lowest BCUT2D eigenvalue weighted by Crippen LogP contribution is -2.49. The van der Waals surface area contributed by atoms with Crippen molar-refractivity contribution in [2.45, 2.75) is 93.0 Å². The number of amides is 1. The molecule has 0 unspecified atom stereocenters. The van der Waals surface area contributed by atoms with E-state index in [1.807, 2.05) is 0 Å². The molecule has 2 heterocycles. The van der Waals surface area contributed by atoms with Gasteiger partial charge < -0.3 is 23.7 Å². The Bertz CT molecular complexity index is 757. The van der Waals surface area contributed by atoms with Crippen LogP contribution in [0.1, 0.15) is 62.3 Å². The van der Waals surface area contributed by atoms with Crippen molar-refractivity contribution in [1.29, 1.82) is 0 Å². The van der Waals surface area contributed by atoms with Crippen molar-refractivity contribution in [3.05, 3.63) is 0 Å². The van der Waals surface area contributed by atoms with E-state index in [0.717, 1.165) is 0 Å². The molecule has 0 saturated carbocycles. The van der Waals surface area contributed by atoms with Crippen molar-refractivity contribution < 1.29 is 42.9 Å². The van der Waals surface area contributed by atoms with Gasteiger partial charge in [0.15, 0.2) is 24.5 Å². The fourth-order valence-electron chi connectivity index (χ4n) is 2.82. The molecule has 2 aliphatic heterocycles. The highest BCUT2D eigenvalue weighted by Gasteiger charge is 2.58. The molecule has 2 fully saturated rings. The van der Waals surface area contributed by atoms with Crippen LogP contribution in [0.4, 0.5) is 4.79 Å². The lowest BCUT2D eigenvalue weighted by Gasteiger charge is -2.32. The van der Waals surface area contributed by atoms with Gasteiger partial charge in [-0.15, -0.1) is 0 Å². The largest absolute Gasteiger partial charge is 0.461 e. The molecule has 5 atom stereocenters.